The van der Waals surface area contributed by atoms with Gasteiger partial charge in [-0.25, -0.2) is 4.79 Å². The third kappa shape index (κ3) is 7.25. The van der Waals surface area contributed by atoms with E-state index in [9.17, 15) is 9.59 Å². The number of benzene rings is 1. The van der Waals surface area contributed by atoms with E-state index in [1.807, 2.05) is 60.6 Å². The number of amides is 3. The van der Waals surface area contributed by atoms with Gasteiger partial charge in [0.25, 0.3) is 0 Å². The summed E-state index contributed by atoms with van der Waals surface area (Å²) in [5.41, 5.74) is 1.07. The quantitative estimate of drug-likeness (QED) is 0.707. The summed E-state index contributed by atoms with van der Waals surface area (Å²) < 4.78 is 5.41. The lowest BCUT2D eigenvalue weighted by atomic mass is 10.2. The van der Waals surface area contributed by atoms with E-state index in [1.165, 1.54) is 4.88 Å². The average molecular weight is 375 g/mol. The summed E-state index contributed by atoms with van der Waals surface area (Å²) in [5, 5.41) is 7.05. The van der Waals surface area contributed by atoms with Crippen molar-refractivity contribution in [3.63, 3.8) is 0 Å². The van der Waals surface area contributed by atoms with Gasteiger partial charge in [0.2, 0.25) is 5.91 Å². The fraction of sp³-hybridized carbons (Fsp3) is 0.368. The fourth-order valence-corrected chi connectivity index (χ4v) is 3.14. The van der Waals surface area contributed by atoms with Gasteiger partial charge in [-0.2, -0.15) is 0 Å². The molecule has 0 radical (unpaired) electrons. The summed E-state index contributed by atoms with van der Waals surface area (Å²) in [5.74, 6) is 0.503. The molecule has 6 nitrogen and oxygen atoms in total. The molecule has 1 heterocycles. The Kier molecular flexibility index (Phi) is 8.11. The van der Waals surface area contributed by atoms with Gasteiger partial charge in [-0.3, -0.25) is 15.0 Å². The summed E-state index contributed by atoms with van der Waals surface area (Å²) in [6.07, 6.45) is 0.761. The first kappa shape index (κ1) is 19.9. The Morgan fingerprint density at radius 1 is 1.19 bits per heavy atom. The maximum absolute atomic E-state index is 12.0. The highest BCUT2D eigenvalue weighted by Crippen LogP contribution is 2.13. The van der Waals surface area contributed by atoms with Gasteiger partial charge in [0.15, 0.2) is 0 Å². The molecule has 2 aromatic rings. The van der Waals surface area contributed by atoms with Crippen LogP contribution in [0.3, 0.4) is 0 Å². The van der Waals surface area contributed by atoms with E-state index < -0.39 is 6.03 Å². The van der Waals surface area contributed by atoms with Crippen molar-refractivity contribution in [2.24, 2.45) is 0 Å². The second-order valence-corrected chi connectivity index (χ2v) is 6.91. The monoisotopic (exact) mass is 375 g/mol. The fourth-order valence-electron chi connectivity index (χ4n) is 2.43. The van der Waals surface area contributed by atoms with Gasteiger partial charge < -0.3 is 10.1 Å². The number of imide groups is 1. The lowest BCUT2D eigenvalue weighted by Gasteiger charge is -2.16. The molecule has 26 heavy (non-hydrogen) atoms. The number of likely N-dealkylation sites (N-methyl/N-ethyl adjacent to an activating group) is 1. The zero-order valence-corrected chi connectivity index (χ0v) is 16.0. The van der Waals surface area contributed by atoms with Crippen LogP contribution in [0.2, 0.25) is 0 Å². The number of urea groups is 1. The molecular weight excluding hydrogens is 350 g/mol. The van der Waals surface area contributed by atoms with E-state index in [-0.39, 0.29) is 12.5 Å². The van der Waals surface area contributed by atoms with E-state index >= 15 is 0 Å². The van der Waals surface area contributed by atoms with Crippen LogP contribution in [0.4, 0.5) is 4.79 Å². The number of thiophene rings is 1. The Labute approximate surface area is 158 Å². The number of nitrogens with one attached hydrogen (secondary N) is 2. The molecule has 0 aliphatic heterocycles. The van der Waals surface area contributed by atoms with Crippen molar-refractivity contribution in [1.29, 1.82) is 0 Å². The van der Waals surface area contributed by atoms with Gasteiger partial charge in [0, 0.05) is 18.0 Å². The average Bonchev–Trinajstić information content (AvgIpc) is 3.10. The van der Waals surface area contributed by atoms with Crippen molar-refractivity contribution < 1.29 is 14.3 Å². The van der Waals surface area contributed by atoms with Crippen molar-refractivity contribution in [1.82, 2.24) is 15.5 Å². The van der Waals surface area contributed by atoms with Gasteiger partial charge in [-0.15, -0.1) is 11.3 Å². The Hall–Kier alpha value is -2.38. The van der Waals surface area contributed by atoms with E-state index in [0.717, 1.165) is 17.7 Å². The molecule has 140 valence electrons. The zero-order valence-electron chi connectivity index (χ0n) is 15.2. The summed E-state index contributed by atoms with van der Waals surface area (Å²) in [6.45, 7) is 3.83. The topological polar surface area (TPSA) is 70.7 Å². The highest BCUT2D eigenvalue weighted by Gasteiger charge is 2.10. The second kappa shape index (κ2) is 10.6. The third-order valence-corrected chi connectivity index (χ3v) is 4.53. The van der Waals surface area contributed by atoms with Crippen LogP contribution in [0.25, 0.3) is 0 Å². The van der Waals surface area contributed by atoms with Crippen molar-refractivity contribution in [3.8, 4) is 5.75 Å². The Morgan fingerprint density at radius 2 is 1.96 bits per heavy atom. The molecule has 3 amide bonds. The largest absolute Gasteiger partial charge is 0.494 e. The molecule has 7 heteroatoms. The van der Waals surface area contributed by atoms with Crippen LogP contribution >= 0.6 is 11.3 Å². The zero-order chi connectivity index (χ0) is 18.8. The normalized spacial score (nSPS) is 10.6. The van der Waals surface area contributed by atoms with Gasteiger partial charge in [0.1, 0.15) is 5.75 Å². The lowest BCUT2D eigenvalue weighted by Crippen LogP contribution is -2.44. The number of hydrogen-bond donors (Lipinski definition) is 2. The van der Waals surface area contributed by atoms with Crippen molar-refractivity contribution in [3.05, 3.63) is 52.2 Å². The first-order valence-electron chi connectivity index (χ1n) is 8.57. The smallest absolute Gasteiger partial charge is 0.321 e. The molecule has 2 rings (SSSR count). The molecule has 0 saturated heterocycles. The Balaban J connectivity index is 1.66. The number of carbonyl (C=O) groups is 2. The summed E-state index contributed by atoms with van der Waals surface area (Å²) in [6, 6.07) is 11.3. The summed E-state index contributed by atoms with van der Waals surface area (Å²) >= 11 is 1.65. The van der Waals surface area contributed by atoms with Crippen LogP contribution in [0.1, 0.15) is 17.4 Å². The highest BCUT2D eigenvalue weighted by atomic mass is 32.1. The molecular formula is C19H25N3O3S. The Morgan fingerprint density at radius 3 is 2.62 bits per heavy atom. The van der Waals surface area contributed by atoms with Crippen LogP contribution in [0.15, 0.2) is 41.8 Å². The van der Waals surface area contributed by atoms with E-state index in [2.05, 4.69) is 10.6 Å². The predicted octanol–water partition coefficient (Wildman–Crippen LogP) is 2.65. The number of rotatable bonds is 9. The number of nitrogens with zero attached hydrogens (tertiary/aromatic N) is 1. The number of ether oxygens (including phenoxy) is 1. The highest BCUT2D eigenvalue weighted by molar-refractivity contribution is 7.09. The summed E-state index contributed by atoms with van der Waals surface area (Å²) in [7, 11) is 1.84. The summed E-state index contributed by atoms with van der Waals surface area (Å²) in [4.78, 5) is 26.8. The minimum absolute atomic E-state index is 0.144. The maximum Gasteiger partial charge on any atom is 0.321 e. The van der Waals surface area contributed by atoms with Crippen LogP contribution in [-0.2, 0) is 17.8 Å². The van der Waals surface area contributed by atoms with Gasteiger partial charge in [0.05, 0.1) is 13.2 Å². The van der Waals surface area contributed by atoms with Gasteiger partial charge in [-0.1, -0.05) is 18.2 Å². The lowest BCUT2D eigenvalue weighted by molar-refractivity contribution is -0.120. The van der Waals surface area contributed by atoms with E-state index in [4.69, 9.17) is 4.74 Å². The molecule has 2 N–H and O–H groups in total. The first-order chi connectivity index (χ1) is 12.6. The standard InChI is InChI=1S/C19H25N3O3S/c1-3-25-16-8-6-15(7-9-16)13-22(2)14-18(23)21-19(24)20-11-10-17-5-4-12-26-17/h4-9,12H,3,10-11,13-14H2,1-2H3,(H2,20,21,23,24). The maximum atomic E-state index is 12.0. The first-order valence-corrected chi connectivity index (χ1v) is 9.45. The van der Waals surface area contributed by atoms with E-state index in [1.54, 1.807) is 11.3 Å². The predicted molar refractivity (Wildman–Crippen MR) is 104 cm³/mol. The van der Waals surface area contributed by atoms with Crippen molar-refractivity contribution >= 4 is 23.3 Å². The molecule has 0 spiro atoms. The van der Waals surface area contributed by atoms with Gasteiger partial charge >= 0.3 is 6.03 Å². The molecule has 1 aromatic carbocycles. The molecule has 0 aliphatic carbocycles. The SMILES string of the molecule is CCOc1ccc(CN(C)CC(=O)NC(=O)NCCc2cccs2)cc1. The second-order valence-electron chi connectivity index (χ2n) is 5.88. The molecule has 0 atom stereocenters. The van der Waals surface area contributed by atoms with Crippen LogP contribution in [0.5, 0.6) is 5.75 Å². The molecule has 0 fully saturated rings. The van der Waals surface area contributed by atoms with Gasteiger partial charge in [-0.05, 0) is 49.5 Å². The molecule has 0 aliphatic rings. The molecule has 0 unspecified atom stereocenters. The van der Waals surface area contributed by atoms with Crippen LogP contribution < -0.4 is 15.4 Å². The van der Waals surface area contributed by atoms with Crippen molar-refractivity contribution in [2.75, 3.05) is 26.7 Å². The third-order valence-electron chi connectivity index (χ3n) is 3.59. The number of carbonyl (C=O) groups excluding carboxylic acids is 2. The molecule has 0 saturated carbocycles. The number of hydrogen-bond acceptors (Lipinski definition) is 5. The molecule has 1 aromatic heterocycles. The molecule has 0 bridgehead atoms. The van der Waals surface area contributed by atoms with E-state index in [0.29, 0.717) is 19.7 Å². The minimum Gasteiger partial charge on any atom is -0.494 e. The Bertz CT molecular complexity index is 687. The van der Waals surface area contributed by atoms with Crippen LogP contribution in [-0.4, -0.2) is 43.6 Å². The van der Waals surface area contributed by atoms with Crippen molar-refractivity contribution in [2.45, 2.75) is 19.9 Å². The van der Waals surface area contributed by atoms with Crippen LogP contribution in [0, 0.1) is 0 Å². The minimum atomic E-state index is -0.457.